The Kier molecular flexibility index (Phi) is 3.43. The molecule has 0 saturated heterocycles. The molecule has 120 valence electrons. The molecule has 0 aliphatic rings. The zero-order valence-corrected chi connectivity index (χ0v) is 13.1. The smallest absolute Gasteiger partial charge is 0.238 e. The SMILES string of the molecule is CC(O)(Cc1nc(-c2cc3ccccc3o2)no1)c1ccccc1. The van der Waals surface area contributed by atoms with Gasteiger partial charge in [0.25, 0.3) is 0 Å². The zero-order chi connectivity index (χ0) is 16.6. The summed E-state index contributed by atoms with van der Waals surface area (Å²) in [5.74, 6) is 1.29. The lowest BCUT2D eigenvalue weighted by Gasteiger charge is -2.21. The van der Waals surface area contributed by atoms with Crippen molar-refractivity contribution in [3.8, 4) is 11.6 Å². The number of para-hydroxylation sites is 1. The first-order valence-corrected chi connectivity index (χ1v) is 7.71. The van der Waals surface area contributed by atoms with Gasteiger partial charge in [0.05, 0.1) is 12.0 Å². The third kappa shape index (κ3) is 2.70. The van der Waals surface area contributed by atoms with Crippen molar-refractivity contribution < 1.29 is 14.0 Å². The highest BCUT2D eigenvalue weighted by molar-refractivity contribution is 5.81. The molecule has 1 atom stereocenters. The predicted molar refractivity (Wildman–Crippen MR) is 89.2 cm³/mol. The zero-order valence-electron chi connectivity index (χ0n) is 13.1. The van der Waals surface area contributed by atoms with E-state index in [0.29, 0.717) is 17.5 Å². The Morgan fingerprint density at radius 1 is 1.04 bits per heavy atom. The number of benzene rings is 2. The van der Waals surface area contributed by atoms with Gasteiger partial charge in [-0.3, -0.25) is 0 Å². The van der Waals surface area contributed by atoms with E-state index in [-0.39, 0.29) is 6.42 Å². The quantitative estimate of drug-likeness (QED) is 0.617. The van der Waals surface area contributed by atoms with Crippen LogP contribution < -0.4 is 0 Å². The highest BCUT2D eigenvalue weighted by Crippen LogP contribution is 2.28. The van der Waals surface area contributed by atoms with Crippen LogP contribution in [0.15, 0.2) is 69.6 Å². The largest absolute Gasteiger partial charge is 0.453 e. The summed E-state index contributed by atoms with van der Waals surface area (Å²) in [4.78, 5) is 4.35. The molecule has 5 nitrogen and oxygen atoms in total. The van der Waals surface area contributed by atoms with Gasteiger partial charge in [0.2, 0.25) is 11.7 Å². The lowest BCUT2D eigenvalue weighted by atomic mass is 9.93. The van der Waals surface area contributed by atoms with Gasteiger partial charge >= 0.3 is 0 Å². The van der Waals surface area contributed by atoms with Crippen molar-refractivity contribution in [2.75, 3.05) is 0 Å². The van der Waals surface area contributed by atoms with Crippen LogP contribution >= 0.6 is 0 Å². The van der Waals surface area contributed by atoms with Crippen LogP contribution in [0.2, 0.25) is 0 Å². The molecule has 4 aromatic rings. The van der Waals surface area contributed by atoms with Crippen LogP contribution in [-0.4, -0.2) is 15.2 Å². The van der Waals surface area contributed by atoms with Gasteiger partial charge in [-0.15, -0.1) is 0 Å². The van der Waals surface area contributed by atoms with Gasteiger partial charge in [0.15, 0.2) is 5.76 Å². The molecule has 0 bridgehead atoms. The van der Waals surface area contributed by atoms with Gasteiger partial charge < -0.3 is 14.0 Å². The van der Waals surface area contributed by atoms with E-state index in [1.165, 1.54) is 0 Å². The molecular weight excluding hydrogens is 304 g/mol. The van der Waals surface area contributed by atoms with E-state index in [0.717, 1.165) is 16.5 Å². The van der Waals surface area contributed by atoms with Crippen molar-refractivity contribution >= 4 is 11.0 Å². The molecule has 1 unspecified atom stereocenters. The molecule has 5 heteroatoms. The Bertz CT molecular complexity index is 937. The first kappa shape index (κ1) is 14.7. The van der Waals surface area contributed by atoms with Crippen LogP contribution in [0, 0.1) is 0 Å². The van der Waals surface area contributed by atoms with Crippen molar-refractivity contribution in [1.82, 2.24) is 10.1 Å². The Labute approximate surface area is 138 Å². The number of nitrogens with zero attached hydrogens (tertiary/aromatic N) is 2. The van der Waals surface area contributed by atoms with Crippen LogP contribution in [0.5, 0.6) is 0 Å². The van der Waals surface area contributed by atoms with E-state index < -0.39 is 5.60 Å². The van der Waals surface area contributed by atoms with E-state index in [2.05, 4.69) is 10.1 Å². The molecule has 4 rings (SSSR count). The lowest BCUT2D eigenvalue weighted by Crippen LogP contribution is -2.24. The molecule has 2 heterocycles. The number of hydrogen-bond acceptors (Lipinski definition) is 5. The van der Waals surface area contributed by atoms with E-state index in [1.807, 2.05) is 60.7 Å². The van der Waals surface area contributed by atoms with Gasteiger partial charge in [-0.1, -0.05) is 53.7 Å². The molecule has 0 aliphatic heterocycles. The van der Waals surface area contributed by atoms with Crippen LogP contribution in [0.3, 0.4) is 0 Å². The highest BCUT2D eigenvalue weighted by atomic mass is 16.5. The van der Waals surface area contributed by atoms with Crippen molar-refractivity contribution in [2.45, 2.75) is 18.9 Å². The molecule has 0 radical (unpaired) electrons. The van der Waals surface area contributed by atoms with Crippen molar-refractivity contribution in [1.29, 1.82) is 0 Å². The molecule has 0 aliphatic carbocycles. The molecule has 0 saturated carbocycles. The van der Waals surface area contributed by atoms with Gasteiger partial charge in [-0.05, 0) is 24.6 Å². The molecule has 24 heavy (non-hydrogen) atoms. The Morgan fingerprint density at radius 3 is 2.58 bits per heavy atom. The summed E-state index contributed by atoms with van der Waals surface area (Å²) in [6.07, 6.45) is 0.226. The highest BCUT2D eigenvalue weighted by Gasteiger charge is 2.27. The molecule has 2 aromatic heterocycles. The van der Waals surface area contributed by atoms with Crippen LogP contribution in [-0.2, 0) is 12.0 Å². The lowest BCUT2D eigenvalue weighted by molar-refractivity contribution is 0.0490. The monoisotopic (exact) mass is 320 g/mol. The minimum absolute atomic E-state index is 0.226. The van der Waals surface area contributed by atoms with Gasteiger partial charge in [0, 0.05) is 5.39 Å². The van der Waals surface area contributed by atoms with E-state index in [1.54, 1.807) is 6.92 Å². The normalized spacial score (nSPS) is 13.9. The Hall–Kier alpha value is -2.92. The summed E-state index contributed by atoms with van der Waals surface area (Å²) in [6, 6.07) is 19.0. The third-order valence-electron chi connectivity index (χ3n) is 4.01. The second kappa shape index (κ2) is 5.62. The van der Waals surface area contributed by atoms with Crippen molar-refractivity contribution in [3.05, 3.63) is 72.1 Å². The maximum atomic E-state index is 10.7. The van der Waals surface area contributed by atoms with Gasteiger partial charge in [-0.25, -0.2) is 0 Å². The van der Waals surface area contributed by atoms with Crippen molar-refractivity contribution in [3.63, 3.8) is 0 Å². The van der Waals surface area contributed by atoms with E-state index >= 15 is 0 Å². The van der Waals surface area contributed by atoms with E-state index in [4.69, 9.17) is 8.94 Å². The fraction of sp³-hybridized carbons (Fsp3) is 0.158. The molecular formula is C19H16N2O3. The minimum atomic E-state index is -1.08. The first-order valence-electron chi connectivity index (χ1n) is 7.71. The van der Waals surface area contributed by atoms with Gasteiger partial charge in [0.1, 0.15) is 5.58 Å². The van der Waals surface area contributed by atoms with Crippen LogP contribution in [0.1, 0.15) is 18.4 Å². The van der Waals surface area contributed by atoms with Gasteiger partial charge in [-0.2, -0.15) is 4.98 Å². The number of fused-ring (bicyclic) bond motifs is 1. The number of hydrogen-bond donors (Lipinski definition) is 1. The summed E-state index contributed by atoms with van der Waals surface area (Å²) >= 11 is 0. The van der Waals surface area contributed by atoms with Crippen LogP contribution in [0.4, 0.5) is 0 Å². The number of rotatable bonds is 4. The summed E-state index contributed by atoms with van der Waals surface area (Å²) in [7, 11) is 0. The first-order chi connectivity index (χ1) is 11.6. The topological polar surface area (TPSA) is 72.3 Å². The predicted octanol–water partition coefficient (Wildman–Crippen LogP) is 3.93. The number of aromatic nitrogens is 2. The maximum Gasteiger partial charge on any atom is 0.238 e. The fourth-order valence-electron chi connectivity index (χ4n) is 2.71. The van der Waals surface area contributed by atoms with E-state index in [9.17, 15) is 5.11 Å². The standard InChI is InChI=1S/C19H16N2O3/c1-19(22,14-8-3-2-4-9-14)12-17-20-18(21-24-17)16-11-13-7-5-6-10-15(13)23-16/h2-11,22H,12H2,1H3. The summed E-state index contributed by atoms with van der Waals surface area (Å²) in [5.41, 5.74) is 0.488. The Morgan fingerprint density at radius 2 is 1.79 bits per heavy atom. The number of furan rings is 1. The molecule has 1 N–H and O–H groups in total. The maximum absolute atomic E-state index is 10.7. The van der Waals surface area contributed by atoms with Crippen molar-refractivity contribution in [2.24, 2.45) is 0 Å². The summed E-state index contributed by atoms with van der Waals surface area (Å²) < 4.78 is 11.0. The molecule has 2 aromatic carbocycles. The third-order valence-corrected chi connectivity index (χ3v) is 4.01. The average molecular weight is 320 g/mol. The summed E-state index contributed by atoms with van der Waals surface area (Å²) in [5, 5.41) is 15.6. The molecule has 0 spiro atoms. The Balaban J connectivity index is 1.61. The minimum Gasteiger partial charge on any atom is -0.453 e. The summed E-state index contributed by atoms with van der Waals surface area (Å²) in [6.45, 7) is 1.73. The average Bonchev–Trinajstić information content (AvgIpc) is 3.21. The molecule has 0 amide bonds. The fourth-order valence-corrected chi connectivity index (χ4v) is 2.71. The number of aliphatic hydroxyl groups is 1. The molecule has 0 fully saturated rings. The van der Waals surface area contributed by atoms with Crippen LogP contribution in [0.25, 0.3) is 22.6 Å². The second-order valence-corrected chi connectivity index (χ2v) is 5.98. The second-order valence-electron chi connectivity index (χ2n) is 5.98.